The summed E-state index contributed by atoms with van der Waals surface area (Å²) in [7, 11) is 2.20. The fourth-order valence-corrected chi connectivity index (χ4v) is 3.61. The van der Waals surface area contributed by atoms with Crippen molar-refractivity contribution in [3.8, 4) is 0 Å². The molecule has 2 rings (SSSR count). The summed E-state index contributed by atoms with van der Waals surface area (Å²) in [4.78, 5) is 2.44. The number of halogens is 1. The van der Waals surface area contributed by atoms with Gasteiger partial charge in [-0.2, -0.15) is 0 Å². The van der Waals surface area contributed by atoms with Gasteiger partial charge in [-0.25, -0.2) is 0 Å². The van der Waals surface area contributed by atoms with Gasteiger partial charge in [0, 0.05) is 23.7 Å². The third-order valence-electron chi connectivity index (χ3n) is 4.57. The second-order valence-corrected chi connectivity index (χ2v) is 6.55. The monoisotopic (exact) mass is 280 g/mol. The van der Waals surface area contributed by atoms with Crippen LogP contribution >= 0.6 is 11.6 Å². The molecule has 0 aromatic heterocycles. The molecule has 2 atom stereocenters. The molecule has 1 saturated carbocycles. The van der Waals surface area contributed by atoms with Crippen LogP contribution in [-0.4, -0.2) is 24.0 Å². The Labute approximate surface area is 121 Å². The van der Waals surface area contributed by atoms with Gasteiger partial charge in [0.15, 0.2) is 0 Å². The van der Waals surface area contributed by atoms with Gasteiger partial charge in [-0.05, 0) is 43.5 Å². The molecule has 0 spiro atoms. The lowest BCUT2D eigenvalue weighted by molar-refractivity contribution is 0.0554. The number of nitrogens with zero attached hydrogens (tertiary/aromatic N) is 1. The number of likely N-dealkylation sites (N-methyl/N-ethyl adjacent to an activating group) is 1. The lowest BCUT2D eigenvalue weighted by atomic mass is 9.75. The van der Waals surface area contributed by atoms with Crippen molar-refractivity contribution in [3.05, 3.63) is 34.9 Å². The van der Waals surface area contributed by atoms with Gasteiger partial charge in [-0.3, -0.25) is 4.90 Å². The SMILES string of the molecule is CC1CCCC(CN)(N(C)Cc2cccc(Cl)c2)C1. The number of benzene rings is 1. The van der Waals surface area contributed by atoms with Gasteiger partial charge in [0.2, 0.25) is 0 Å². The van der Waals surface area contributed by atoms with Crippen LogP contribution in [-0.2, 0) is 6.54 Å². The molecule has 0 aliphatic heterocycles. The Morgan fingerprint density at radius 2 is 2.26 bits per heavy atom. The van der Waals surface area contributed by atoms with Crippen LogP contribution in [0.4, 0.5) is 0 Å². The van der Waals surface area contributed by atoms with Gasteiger partial charge < -0.3 is 5.73 Å². The van der Waals surface area contributed by atoms with Crippen molar-refractivity contribution < 1.29 is 0 Å². The van der Waals surface area contributed by atoms with Gasteiger partial charge in [-0.1, -0.05) is 43.5 Å². The Hall–Kier alpha value is -0.570. The van der Waals surface area contributed by atoms with E-state index in [4.69, 9.17) is 17.3 Å². The molecule has 0 radical (unpaired) electrons. The zero-order chi connectivity index (χ0) is 13.9. The molecule has 0 amide bonds. The first-order valence-electron chi connectivity index (χ1n) is 7.21. The first-order chi connectivity index (χ1) is 9.05. The minimum absolute atomic E-state index is 0.167. The molecule has 3 heteroatoms. The molecule has 0 bridgehead atoms. The Balaban J connectivity index is 2.10. The van der Waals surface area contributed by atoms with Crippen molar-refractivity contribution in [1.82, 2.24) is 4.90 Å². The lowest BCUT2D eigenvalue weighted by Crippen LogP contribution is -2.54. The van der Waals surface area contributed by atoms with E-state index in [2.05, 4.69) is 31.0 Å². The highest BCUT2D eigenvalue weighted by Crippen LogP contribution is 2.36. The summed E-state index contributed by atoms with van der Waals surface area (Å²) < 4.78 is 0. The van der Waals surface area contributed by atoms with E-state index in [-0.39, 0.29) is 5.54 Å². The van der Waals surface area contributed by atoms with Crippen molar-refractivity contribution in [3.63, 3.8) is 0 Å². The summed E-state index contributed by atoms with van der Waals surface area (Å²) in [5.74, 6) is 0.777. The van der Waals surface area contributed by atoms with E-state index in [9.17, 15) is 0 Å². The van der Waals surface area contributed by atoms with Crippen LogP contribution in [0.2, 0.25) is 5.02 Å². The number of nitrogens with two attached hydrogens (primary N) is 1. The van der Waals surface area contributed by atoms with E-state index in [1.54, 1.807) is 0 Å². The minimum Gasteiger partial charge on any atom is -0.329 e. The van der Waals surface area contributed by atoms with Crippen molar-refractivity contribution in [2.24, 2.45) is 11.7 Å². The van der Waals surface area contributed by atoms with E-state index in [0.717, 1.165) is 24.0 Å². The van der Waals surface area contributed by atoms with Crippen LogP contribution in [0.15, 0.2) is 24.3 Å². The number of hydrogen-bond acceptors (Lipinski definition) is 2. The first-order valence-corrected chi connectivity index (χ1v) is 7.59. The molecular weight excluding hydrogens is 256 g/mol. The van der Waals surface area contributed by atoms with Crippen molar-refractivity contribution in [1.29, 1.82) is 0 Å². The molecule has 1 aromatic carbocycles. The maximum Gasteiger partial charge on any atom is 0.0409 e. The smallest absolute Gasteiger partial charge is 0.0409 e. The number of rotatable bonds is 4. The van der Waals surface area contributed by atoms with Crippen LogP contribution in [0, 0.1) is 5.92 Å². The summed E-state index contributed by atoms with van der Waals surface area (Å²) in [5.41, 5.74) is 7.55. The molecule has 0 saturated heterocycles. The second-order valence-electron chi connectivity index (χ2n) is 6.12. The van der Waals surface area contributed by atoms with E-state index in [1.165, 1.54) is 31.2 Å². The summed E-state index contributed by atoms with van der Waals surface area (Å²) in [5, 5.41) is 0.810. The maximum absolute atomic E-state index is 6.12. The molecule has 0 heterocycles. The molecule has 2 N–H and O–H groups in total. The fourth-order valence-electron chi connectivity index (χ4n) is 3.40. The zero-order valence-corrected chi connectivity index (χ0v) is 12.8. The summed E-state index contributed by atoms with van der Waals surface area (Å²) in [6.45, 7) is 4.01. The van der Waals surface area contributed by atoms with Gasteiger partial charge in [0.1, 0.15) is 0 Å². The average Bonchev–Trinajstić information content (AvgIpc) is 2.38. The molecule has 106 valence electrons. The quantitative estimate of drug-likeness (QED) is 0.912. The molecule has 1 aliphatic carbocycles. The Morgan fingerprint density at radius 1 is 1.47 bits per heavy atom. The molecule has 1 aromatic rings. The number of hydrogen-bond donors (Lipinski definition) is 1. The van der Waals surface area contributed by atoms with Crippen LogP contribution in [0.25, 0.3) is 0 Å². The van der Waals surface area contributed by atoms with Crippen LogP contribution in [0.1, 0.15) is 38.2 Å². The molecule has 1 aliphatic rings. The van der Waals surface area contributed by atoms with E-state index in [0.29, 0.717) is 0 Å². The van der Waals surface area contributed by atoms with Gasteiger partial charge in [0.25, 0.3) is 0 Å². The van der Waals surface area contributed by atoms with E-state index in [1.807, 2.05) is 12.1 Å². The topological polar surface area (TPSA) is 29.3 Å². The van der Waals surface area contributed by atoms with E-state index >= 15 is 0 Å². The second kappa shape index (κ2) is 6.25. The molecule has 2 unspecified atom stereocenters. The predicted octanol–water partition coefficient (Wildman–Crippen LogP) is 3.68. The molecular formula is C16H25ClN2. The highest BCUT2D eigenvalue weighted by Gasteiger charge is 2.37. The van der Waals surface area contributed by atoms with Crippen LogP contribution < -0.4 is 5.73 Å². The van der Waals surface area contributed by atoms with Crippen LogP contribution in [0.5, 0.6) is 0 Å². The van der Waals surface area contributed by atoms with Crippen molar-refractivity contribution in [2.75, 3.05) is 13.6 Å². The van der Waals surface area contributed by atoms with Gasteiger partial charge in [-0.15, -0.1) is 0 Å². The summed E-state index contributed by atoms with van der Waals surface area (Å²) >= 11 is 6.06. The fraction of sp³-hybridized carbons (Fsp3) is 0.625. The average molecular weight is 281 g/mol. The van der Waals surface area contributed by atoms with Gasteiger partial charge in [0.05, 0.1) is 0 Å². The van der Waals surface area contributed by atoms with Crippen molar-refractivity contribution >= 4 is 11.6 Å². The Kier molecular flexibility index (Phi) is 4.88. The van der Waals surface area contributed by atoms with Crippen LogP contribution in [0.3, 0.4) is 0 Å². The highest BCUT2D eigenvalue weighted by atomic mass is 35.5. The van der Waals surface area contributed by atoms with Gasteiger partial charge >= 0.3 is 0 Å². The lowest BCUT2D eigenvalue weighted by Gasteiger charge is -2.46. The standard InChI is InChI=1S/C16H25ClN2/c1-13-5-4-8-16(10-13,12-18)19(2)11-14-6-3-7-15(17)9-14/h3,6-7,9,13H,4-5,8,10-12,18H2,1-2H3. The summed E-state index contributed by atoms with van der Waals surface area (Å²) in [6, 6.07) is 8.13. The third kappa shape index (κ3) is 3.50. The molecule has 2 nitrogen and oxygen atoms in total. The molecule has 19 heavy (non-hydrogen) atoms. The first kappa shape index (κ1) is 14.8. The Bertz CT molecular complexity index is 421. The normalized spacial score (nSPS) is 27.7. The Morgan fingerprint density at radius 3 is 2.89 bits per heavy atom. The molecule has 1 fully saturated rings. The van der Waals surface area contributed by atoms with E-state index < -0.39 is 0 Å². The largest absolute Gasteiger partial charge is 0.329 e. The maximum atomic E-state index is 6.12. The minimum atomic E-state index is 0.167. The summed E-state index contributed by atoms with van der Waals surface area (Å²) in [6.07, 6.45) is 5.05. The predicted molar refractivity (Wildman–Crippen MR) is 82.3 cm³/mol. The zero-order valence-electron chi connectivity index (χ0n) is 12.0. The highest BCUT2D eigenvalue weighted by molar-refractivity contribution is 6.30. The third-order valence-corrected chi connectivity index (χ3v) is 4.80. The van der Waals surface area contributed by atoms with Crippen molar-refractivity contribution in [2.45, 2.75) is 44.7 Å².